The van der Waals surface area contributed by atoms with Gasteiger partial charge in [0.25, 0.3) is 0 Å². The number of hydrogen-bond acceptors (Lipinski definition) is 2. The van der Waals surface area contributed by atoms with E-state index in [1.807, 2.05) is 43.6 Å². The number of benzene rings is 1. The number of aryl methyl sites for hydroxylation is 1. The second-order valence-electron chi connectivity index (χ2n) is 3.52. The highest BCUT2D eigenvalue weighted by Gasteiger charge is 2.08. The molecular weight excluding hydrogens is 188 g/mol. The third-order valence-electron chi connectivity index (χ3n) is 2.33. The first kappa shape index (κ1) is 9.93. The molecule has 2 rings (SSSR count). The van der Waals surface area contributed by atoms with Crippen LogP contribution in [0.2, 0.25) is 0 Å². The van der Waals surface area contributed by atoms with Crippen molar-refractivity contribution in [2.75, 3.05) is 6.61 Å². The Morgan fingerprint density at radius 1 is 1.27 bits per heavy atom. The van der Waals surface area contributed by atoms with Gasteiger partial charge in [-0.05, 0) is 6.42 Å². The van der Waals surface area contributed by atoms with Crippen molar-refractivity contribution in [2.45, 2.75) is 6.42 Å². The summed E-state index contributed by atoms with van der Waals surface area (Å²) in [6, 6.07) is 10.0. The maximum Gasteiger partial charge on any atom is 0.0955 e. The van der Waals surface area contributed by atoms with Gasteiger partial charge in [0.15, 0.2) is 0 Å². The van der Waals surface area contributed by atoms with Crippen molar-refractivity contribution in [3.63, 3.8) is 0 Å². The van der Waals surface area contributed by atoms with E-state index in [2.05, 4.69) is 5.10 Å². The first-order valence-corrected chi connectivity index (χ1v) is 5.00. The first-order chi connectivity index (χ1) is 7.31. The summed E-state index contributed by atoms with van der Waals surface area (Å²) in [6.07, 6.45) is 2.61. The highest BCUT2D eigenvalue weighted by Crippen LogP contribution is 2.21. The van der Waals surface area contributed by atoms with Gasteiger partial charge in [0.2, 0.25) is 0 Å². The van der Waals surface area contributed by atoms with Gasteiger partial charge in [0, 0.05) is 31.0 Å². The summed E-state index contributed by atoms with van der Waals surface area (Å²) in [4.78, 5) is 0. The van der Waals surface area contributed by atoms with E-state index in [4.69, 9.17) is 5.11 Å². The van der Waals surface area contributed by atoms with E-state index in [1.165, 1.54) is 0 Å². The Bertz CT molecular complexity index is 434. The van der Waals surface area contributed by atoms with Crippen LogP contribution in [0.4, 0.5) is 0 Å². The molecule has 0 aliphatic rings. The summed E-state index contributed by atoms with van der Waals surface area (Å²) in [6.45, 7) is 0.158. The standard InChI is InChI=1S/C12H14N2O/c1-14-9-11(7-8-15)12(13-14)10-5-3-2-4-6-10/h2-6,9,15H,7-8H2,1H3. The van der Waals surface area contributed by atoms with Crippen molar-refractivity contribution in [2.24, 2.45) is 7.05 Å². The molecule has 1 N–H and O–H groups in total. The van der Waals surface area contributed by atoms with Gasteiger partial charge in [-0.3, -0.25) is 4.68 Å². The molecule has 2 aromatic rings. The number of aromatic nitrogens is 2. The van der Waals surface area contributed by atoms with Gasteiger partial charge in [-0.1, -0.05) is 30.3 Å². The van der Waals surface area contributed by atoms with E-state index in [-0.39, 0.29) is 6.61 Å². The van der Waals surface area contributed by atoms with Gasteiger partial charge in [-0.25, -0.2) is 0 Å². The summed E-state index contributed by atoms with van der Waals surface area (Å²) >= 11 is 0. The fourth-order valence-electron chi connectivity index (χ4n) is 1.68. The van der Waals surface area contributed by atoms with Crippen molar-refractivity contribution in [1.29, 1.82) is 0 Å². The Morgan fingerprint density at radius 2 is 2.00 bits per heavy atom. The topological polar surface area (TPSA) is 38.0 Å². The van der Waals surface area contributed by atoms with Crippen molar-refractivity contribution in [3.05, 3.63) is 42.1 Å². The van der Waals surface area contributed by atoms with Crippen LogP contribution >= 0.6 is 0 Å². The lowest BCUT2D eigenvalue weighted by atomic mass is 10.1. The minimum absolute atomic E-state index is 0.158. The third kappa shape index (κ3) is 2.07. The number of hydrogen-bond donors (Lipinski definition) is 1. The van der Waals surface area contributed by atoms with Gasteiger partial charge < -0.3 is 5.11 Å². The average molecular weight is 202 g/mol. The Morgan fingerprint density at radius 3 is 2.67 bits per heavy atom. The molecule has 78 valence electrons. The molecule has 0 aliphatic heterocycles. The largest absolute Gasteiger partial charge is 0.396 e. The monoisotopic (exact) mass is 202 g/mol. The zero-order valence-electron chi connectivity index (χ0n) is 8.72. The highest BCUT2D eigenvalue weighted by molar-refractivity contribution is 5.62. The summed E-state index contributed by atoms with van der Waals surface area (Å²) in [7, 11) is 1.90. The molecule has 1 aromatic heterocycles. The van der Waals surface area contributed by atoms with Crippen molar-refractivity contribution >= 4 is 0 Å². The molecule has 0 saturated heterocycles. The number of nitrogens with zero attached hydrogens (tertiary/aromatic N) is 2. The molecule has 0 radical (unpaired) electrons. The lowest BCUT2D eigenvalue weighted by Crippen LogP contribution is -1.91. The minimum Gasteiger partial charge on any atom is -0.396 e. The van der Waals surface area contributed by atoms with Gasteiger partial charge in [0.05, 0.1) is 5.69 Å². The molecule has 0 atom stereocenters. The average Bonchev–Trinajstić information content (AvgIpc) is 2.62. The van der Waals surface area contributed by atoms with Crippen LogP contribution in [0, 0.1) is 0 Å². The molecule has 1 aromatic carbocycles. The maximum atomic E-state index is 8.96. The molecule has 3 nitrogen and oxygen atoms in total. The Balaban J connectivity index is 2.43. The predicted octanol–water partition coefficient (Wildman–Crippen LogP) is 1.62. The van der Waals surface area contributed by atoms with Gasteiger partial charge >= 0.3 is 0 Å². The summed E-state index contributed by atoms with van der Waals surface area (Å²) < 4.78 is 1.79. The molecule has 0 bridgehead atoms. The zero-order chi connectivity index (χ0) is 10.7. The van der Waals surface area contributed by atoms with Crippen LogP contribution in [0.3, 0.4) is 0 Å². The fourth-order valence-corrected chi connectivity index (χ4v) is 1.68. The van der Waals surface area contributed by atoms with E-state index in [0.29, 0.717) is 6.42 Å². The van der Waals surface area contributed by atoms with Crippen LogP contribution in [-0.4, -0.2) is 21.5 Å². The van der Waals surface area contributed by atoms with Crippen molar-refractivity contribution < 1.29 is 5.11 Å². The Labute approximate surface area is 89.0 Å². The molecule has 3 heteroatoms. The molecule has 15 heavy (non-hydrogen) atoms. The zero-order valence-corrected chi connectivity index (χ0v) is 8.72. The number of aliphatic hydroxyl groups excluding tert-OH is 1. The minimum atomic E-state index is 0.158. The molecule has 0 saturated carbocycles. The molecule has 0 unspecified atom stereocenters. The molecule has 0 fully saturated rings. The van der Waals surface area contributed by atoms with Crippen LogP contribution in [0.1, 0.15) is 5.56 Å². The van der Waals surface area contributed by atoms with E-state index in [0.717, 1.165) is 16.8 Å². The van der Waals surface area contributed by atoms with Crippen LogP contribution in [0.5, 0.6) is 0 Å². The van der Waals surface area contributed by atoms with Gasteiger partial charge in [0.1, 0.15) is 0 Å². The molecule has 0 aliphatic carbocycles. The smallest absolute Gasteiger partial charge is 0.0955 e. The first-order valence-electron chi connectivity index (χ1n) is 5.00. The van der Waals surface area contributed by atoms with Crippen LogP contribution in [0.15, 0.2) is 36.5 Å². The van der Waals surface area contributed by atoms with Crippen LogP contribution in [0.25, 0.3) is 11.3 Å². The van der Waals surface area contributed by atoms with Crippen LogP contribution in [-0.2, 0) is 13.5 Å². The SMILES string of the molecule is Cn1cc(CCO)c(-c2ccccc2)n1. The van der Waals surface area contributed by atoms with Gasteiger partial charge in [-0.15, -0.1) is 0 Å². The second kappa shape index (κ2) is 4.28. The molecule has 0 spiro atoms. The molecule has 0 amide bonds. The van der Waals surface area contributed by atoms with E-state index >= 15 is 0 Å². The van der Waals surface area contributed by atoms with Gasteiger partial charge in [-0.2, -0.15) is 5.10 Å². The summed E-state index contributed by atoms with van der Waals surface area (Å²) in [5.41, 5.74) is 3.15. The van der Waals surface area contributed by atoms with E-state index < -0.39 is 0 Å². The fraction of sp³-hybridized carbons (Fsp3) is 0.250. The summed E-state index contributed by atoms with van der Waals surface area (Å²) in [5.74, 6) is 0. The number of rotatable bonds is 3. The Kier molecular flexibility index (Phi) is 2.83. The quantitative estimate of drug-likeness (QED) is 0.821. The van der Waals surface area contributed by atoms with E-state index in [9.17, 15) is 0 Å². The van der Waals surface area contributed by atoms with Crippen LogP contribution < -0.4 is 0 Å². The molecular formula is C12H14N2O. The predicted molar refractivity (Wildman–Crippen MR) is 59.4 cm³/mol. The van der Waals surface area contributed by atoms with Crippen molar-refractivity contribution in [3.8, 4) is 11.3 Å². The summed E-state index contributed by atoms with van der Waals surface area (Å²) in [5, 5.41) is 13.4. The Hall–Kier alpha value is -1.61. The molecule has 1 heterocycles. The lowest BCUT2D eigenvalue weighted by Gasteiger charge is -1.99. The maximum absolute atomic E-state index is 8.96. The van der Waals surface area contributed by atoms with E-state index in [1.54, 1.807) is 4.68 Å². The highest BCUT2D eigenvalue weighted by atomic mass is 16.2. The second-order valence-corrected chi connectivity index (χ2v) is 3.52. The van der Waals surface area contributed by atoms with Crippen molar-refractivity contribution in [1.82, 2.24) is 9.78 Å². The normalized spacial score (nSPS) is 10.5. The number of aliphatic hydroxyl groups is 1. The lowest BCUT2D eigenvalue weighted by molar-refractivity contribution is 0.300. The third-order valence-corrected chi connectivity index (χ3v) is 2.33.